The highest BCUT2D eigenvalue weighted by Crippen LogP contribution is 2.38. The van der Waals surface area contributed by atoms with Gasteiger partial charge in [0.1, 0.15) is 0 Å². The number of piperazine rings is 1. The first-order valence-electron chi connectivity index (χ1n) is 12.4. The molecule has 2 atom stereocenters. The number of amides is 1. The molecular weight excluding hydrogens is 543 g/mol. The first kappa shape index (κ1) is 27.2. The Morgan fingerprint density at radius 2 is 1.62 bits per heavy atom. The zero-order valence-electron chi connectivity index (χ0n) is 21.0. The van der Waals surface area contributed by atoms with Crippen molar-refractivity contribution in [3.05, 3.63) is 90.5 Å². The number of rotatable bonds is 5. The number of hydrogen-bond acceptors (Lipinski definition) is 7. The number of nitrogens with two attached hydrogens (primary N) is 1. The lowest BCUT2D eigenvalue weighted by atomic mass is 10.1. The molecule has 6 rings (SSSR count). The molecule has 40 heavy (non-hydrogen) atoms. The van der Waals surface area contributed by atoms with E-state index in [1.165, 1.54) is 24.5 Å². The summed E-state index contributed by atoms with van der Waals surface area (Å²) in [5.74, 6) is 0.0979. The van der Waals surface area contributed by atoms with E-state index in [2.05, 4.69) is 20.3 Å². The Hall–Kier alpha value is -4.38. The molecule has 1 amide bonds. The van der Waals surface area contributed by atoms with Crippen molar-refractivity contribution < 1.29 is 18.0 Å². The maximum Gasteiger partial charge on any atom is 0.416 e. The summed E-state index contributed by atoms with van der Waals surface area (Å²) in [6.07, 6.45) is 2.75. The summed E-state index contributed by atoms with van der Waals surface area (Å²) >= 11 is 0. The Balaban J connectivity index is 0.00000323. The largest absolute Gasteiger partial charge is 0.416 e. The van der Waals surface area contributed by atoms with Gasteiger partial charge in [0.05, 0.1) is 28.5 Å². The third kappa shape index (κ3) is 5.24. The second kappa shape index (κ2) is 10.6. The van der Waals surface area contributed by atoms with Gasteiger partial charge in [0.15, 0.2) is 0 Å². The normalized spacial score (nSPS) is 18.0. The van der Waals surface area contributed by atoms with E-state index in [-0.39, 0.29) is 30.1 Å². The van der Waals surface area contributed by atoms with E-state index < -0.39 is 17.6 Å². The van der Waals surface area contributed by atoms with Crippen LogP contribution in [0, 0.1) is 0 Å². The fourth-order valence-electron chi connectivity index (χ4n) is 5.26. The fourth-order valence-corrected chi connectivity index (χ4v) is 5.26. The van der Waals surface area contributed by atoms with Crippen LogP contribution in [0.3, 0.4) is 0 Å². The lowest BCUT2D eigenvalue weighted by Gasteiger charge is -2.35. The quantitative estimate of drug-likeness (QED) is 0.316. The van der Waals surface area contributed by atoms with E-state index in [1.54, 1.807) is 30.6 Å². The van der Waals surface area contributed by atoms with Gasteiger partial charge in [0, 0.05) is 49.6 Å². The Kier molecular flexibility index (Phi) is 7.24. The molecule has 2 bridgehead atoms. The smallest absolute Gasteiger partial charge is 0.397 e. The average Bonchev–Trinajstić information content (AvgIpc) is 3.56. The van der Waals surface area contributed by atoms with Gasteiger partial charge in [-0.05, 0) is 60.0 Å². The standard InChI is InChI=1S/C28H24F3N7O.ClH/c29-28(30,31)20-2-1-3-21(11-20)37-15-23-12-22(37)16-38(23)27-34-13-19(14-35-27)26(39)36-25-10-18(4-5-24(25)32)17-6-8-33-9-7-17;/h1-11,13-14,22-23H,12,15-16,32H2,(H,36,39);1H/t22-,23-;/m0./s1. The van der Waals surface area contributed by atoms with Gasteiger partial charge in [-0.25, -0.2) is 9.97 Å². The summed E-state index contributed by atoms with van der Waals surface area (Å²) < 4.78 is 39.5. The van der Waals surface area contributed by atoms with Crippen molar-refractivity contribution in [1.29, 1.82) is 0 Å². The van der Waals surface area contributed by atoms with Crippen LogP contribution in [0.15, 0.2) is 79.4 Å². The zero-order chi connectivity index (χ0) is 27.1. The Labute approximate surface area is 234 Å². The highest BCUT2D eigenvalue weighted by molar-refractivity contribution is 6.05. The van der Waals surface area contributed by atoms with E-state index in [0.29, 0.717) is 36.1 Å². The molecule has 0 radical (unpaired) electrons. The lowest BCUT2D eigenvalue weighted by Crippen LogP contribution is -2.47. The summed E-state index contributed by atoms with van der Waals surface area (Å²) in [6.45, 7) is 1.16. The van der Waals surface area contributed by atoms with Crippen LogP contribution in [0.1, 0.15) is 22.3 Å². The van der Waals surface area contributed by atoms with Crippen molar-refractivity contribution in [3.8, 4) is 11.1 Å². The maximum atomic E-state index is 13.2. The van der Waals surface area contributed by atoms with Crippen molar-refractivity contribution in [3.63, 3.8) is 0 Å². The minimum Gasteiger partial charge on any atom is -0.397 e. The van der Waals surface area contributed by atoms with Crippen LogP contribution in [-0.2, 0) is 6.18 Å². The third-order valence-electron chi connectivity index (χ3n) is 7.22. The number of carbonyl (C=O) groups is 1. The number of benzene rings is 2. The topological polar surface area (TPSA) is 100 Å². The van der Waals surface area contributed by atoms with Gasteiger partial charge in [0.2, 0.25) is 5.95 Å². The molecule has 3 N–H and O–H groups in total. The van der Waals surface area contributed by atoms with Gasteiger partial charge >= 0.3 is 6.18 Å². The number of nitrogens with zero attached hydrogens (tertiary/aromatic N) is 5. The number of halogens is 4. The van der Waals surface area contributed by atoms with Crippen LogP contribution < -0.4 is 20.9 Å². The summed E-state index contributed by atoms with van der Waals surface area (Å²) in [5, 5.41) is 2.83. The Bertz CT molecular complexity index is 1520. The van der Waals surface area contributed by atoms with E-state index in [0.717, 1.165) is 23.6 Å². The summed E-state index contributed by atoms with van der Waals surface area (Å²) in [7, 11) is 0. The first-order valence-corrected chi connectivity index (χ1v) is 12.4. The highest BCUT2D eigenvalue weighted by Gasteiger charge is 2.44. The van der Waals surface area contributed by atoms with Crippen LogP contribution in [-0.4, -0.2) is 46.0 Å². The second-order valence-corrected chi connectivity index (χ2v) is 9.66. The van der Waals surface area contributed by atoms with Gasteiger partial charge in [-0.2, -0.15) is 13.2 Å². The number of carbonyl (C=O) groups excluding carboxylic acids is 1. The second-order valence-electron chi connectivity index (χ2n) is 9.66. The van der Waals surface area contributed by atoms with Crippen molar-refractivity contribution in [2.24, 2.45) is 0 Å². The average molecular weight is 568 g/mol. The molecule has 0 unspecified atom stereocenters. The summed E-state index contributed by atoms with van der Waals surface area (Å²) in [6, 6.07) is 14.7. The number of nitrogen functional groups attached to an aromatic ring is 1. The number of anilines is 4. The molecule has 12 heteroatoms. The Morgan fingerprint density at radius 1 is 0.925 bits per heavy atom. The van der Waals surface area contributed by atoms with Crippen molar-refractivity contribution >= 4 is 41.3 Å². The highest BCUT2D eigenvalue weighted by atomic mass is 35.5. The molecule has 2 aliphatic heterocycles. The monoisotopic (exact) mass is 567 g/mol. The predicted molar refractivity (Wildman–Crippen MR) is 150 cm³/mol. The SMILES string of the molecule is Cl.Nc1ccc(-c2ccncc2)cc1NC(=O)c1cnc(N2C[C@@H]3C[C@H]2CN3c2cccc(C(F)(F)F)c2)nc1. The number of fused-ring (bicyclic) bond motifs is 2. The summed E-state index contributed by atoms with van der Waals surface area (Å²) in [5.41, 5.74) is 9.02. The molecule has 8 nitrogen and oxygen atoms in total. The molecular formula is C28H25ClF3N7O. The number of pyridine rings is 1. The minimum absolute atomic E-state index is 0. The molecule has 4 heterocycles. The molecule has 4 aromatic rings. The van der Waals surface area contributed by atoms with Crippen LogP contribution in [0.2, 0.25) is 0 Å². The maximum absolute atomic E-state index is 13.2. The van der Waals surface area contributed by atoms with Crippen LogP contribution >= 0.6 is 12.4 Å². The molecule has 2 aliphatic rings. The van der Waals surface area contributed by atoms with Crippen LogP contribution in [0.25, 0.3) is 11.1 Å². The first-order chi connectivity index (χ1) is 18.8. The van der Waals surface area contributed by atoms with Crippen LogP contribution in [0.5, 0.6) is 0 Å². The predicted octanol–water partition coefficient (Wildman–Crippen LogP) is 5.28. The van der Waals surface area contributed by atoms with Gasteiger partial charge < -0.3 is 20.9 Å². The molecule has 206 valence electrons. The zero-order valence-corrected chi connectivity index (χ0v) is 21.9. The fraction of sp³-hybridized carbons (Fsp3) is 0.214. The molecule has 2 aromatic heterocycles. The molecule has 2 aromatic carbocycles. The van der Waals surface area contributed by atoms with Gasteiger partial charge in [-0.1, -0.05) is 12.1 Å². The van der Waals surface area contributed by atoms with Crippen LogP contribution in [0.4, 0.5) is 36.2 Å². The molecule has 2 saturated heterocycles. The number of hydrogen-bond donors (Lipinski definition) is 2. The summed E-state index contributed by atoms with van der Waals surface area (Å²) in [4.78, 5) is 29.8. The number of alkyl halides is 3. The molecule has 2 fully saturated rings. The third-order valence-corrected chi connectivity index (χ3v) is 7.22. The molecule has 0 saturated carbocycles. The molecule has 0 aliphatic carbocycles. The van der Waals surface area contributed by atoms with Gasteiger partial charge in [0.25, 0.3) is 5.91 Å². The lowest BCUT2D eigenvalue weighted by molar-refractivity contribution is -0.137. The van der Waals surface area contributed by atoms with Crippen molar-refractivity contribution in [2.45, 2.75) is 24.7 Å². The van der Waals surface area contributed by atoms with E-state index >= 15 is 0 Å². The van der Waals surface area contributed by atoms with E-state index in [1.807, 2.05) is 28.0 Å². The van der Waals surface area contributed by atoms with Gasteiger partial charge in [-0.3, -0.25) is 9.78 Å². The van der Waals surface area contributed by atoms with Gasteiger partial charge in [-0.15, -0.1) is 12.4 Å². The van der Waals surface area contributed by atoms with Crippen molar-refractivity contribution in [1.82, 2.24) is 15.0 Å². The van der Waals surface area contributed by atoms with E-state index in [9.17, 15) is 18.0 Å². The minimum atomic E-state index is -4.38. The van der Waals surface area contributed by atoms with Crippen molar-refractivity contribution in [2.75, 3.05) is 33.9 Å². The molecule has 0 spiro atoms. The van der Waals surface area contributed by atoms with E-state index in [4.69, 9.17) is 5.73 Å². The Morgan fingerprint density at radius 3 is 2.30 bits per heavy atom. The number of nitrogens with one attached hydrogen (secondary N) is 1. The number of aromatic nitrogens is 3.